The number of H-pyrrole nitrogens is 2. The molecule has 0 radical (unpaired) electrons. The summed E-state index contributed by atoms with van der Waals surface area (Å²) in [7, 11) is 0. The molecule has 0 fully saturated rings. The van der Waals surface area contributed by atoms with E-state index in [0.717, 1.165) is 38.9 Å². The fraction of sp³-hybridized carbons (Fsp3) is 0.150. The lowest BCUT2D eigenvalue weighted by atomic mass is 10.00. The van der Waals surface area contributed by atoms with E-state index in [0.29, 0.717) is 29.8 Å². The smallest absolute Gasteiger partial charge is 0.285 e. The molecule has 12 nitrogen and oxygen atoms in total. The molecule has 2 N–H and O–H groups in total. The first-order valence-electron chi connectivity index (χ1n) is 17.3. The van der Waals surface area contributed by atoms with Crippen LogP contribution < -0.4 is 11.4 Å². The molecule has 0 bridgehead atoms. The van der Waals surface area contributed by atoms with Crippen molar-refractivity contribution in [2.75, 3.05) is 0 Å². The minimum absolute atomic E-state index is 0.00850. The predicted octanol–water partition coefficient (Wildman–Crippen LogP) is 6.19. The third-order valence-electron chi connectivity index (χ3n) is 9.39. The Labute approximate surface area is 302 Å². The van der Waals surface area contributed by atoms with Crippen LogP contribution in [0.5, 0.6) is 0 Å². The van der Waals surface area contributed by atoms with E-state index in [1.165, 1.54) is 30.6 Å². The van der Waals surface area contributed by atoms with Crippen LogP contribution in [0.25, 0.3) is 45.3 Å². The van der Waals surface area contributed by atoms with Crippen LogP contribution in [0.4, 0.5) is 4.39 Å². The molecule has 0 aliphatic heterocycles. The predicted molar refractivity (Wildman–Crippen MR) is 200 cm³/mol. The van der Waals surface area contributed by atoms with Gasteiger partial charge in [0.05, 0.1) is 36.9 Å². The number of hydrogen-bond acceptors (Lipinski definition) is 6. The molecule has 8 aromatic rings. The lowest BCUT2D eigenvalue weighted by Gasteiger charge is -2.08. The fourth-order valence-corrected chi connectivity index (χ4v) is 6.70. The fourth-order valence-electron chi connectivity index (χ4n) is 6.70. The molecule has 0 atom stereocenters. The van der Waals surface area contributed by atoms with Gasteiger partial charge in [0, 0.05) is 23.5 Å². The number of rotatable bonds is 11. The van der Waals surface area contributed by atoms with Crippen molar-refractivity contribution >= 4 is 0 Å². The van der Waals surface area contributed by atoms with Crippen molar-refractivity contribution < 1.29 is 4.39 Å². The number of aromatic nitrogens is 10. The van der Waals surface area contributed by atoms with Crippen molar-refractivity contribution in [3.8, 4) is 45.3 Å². The molecule has 13 heteroatoms. The molecule has 0 aliphatic rings. The Morgan fingerprint density at radius 1 is 0.604 bits per heavy atom. The summed E-state index contributed by atoms with van der Waals surface area (Å²) in [4.78, 5) is 28.9. The van der Waals surface area contributed by atoms with Gasteiger partial charge in [0.1, 0.15) is 5.82 Å². The molecule has 0 spiro atoms. The molecular formula is C40H35FN10O2. The maximum absolute atomic E-state index is 14.5. The van der Waals surface area contributed by atoms with E-state index in [9.17, 15) is 14.0 Å². The zero-order valence-corrected chi connectivity index (χ0v) is 29.1. The van der Waals surface area contributed by atoms with E-state index in [1.54, 1.807) is 24.5 Å². The molecule has 264 valence electrons. The topological polar surface area (TPSA) is 137 Å². The molecule has 0 aliphatic carbocycles. The molecule has 8 rings (SSSR count). The van der Waals surface area contributed by atoms with Crippen LogP contribution in [-0.4, -0.2) is 49.1 Å². The summed E-state index contributed by atoms with van der Waals surface area (Å²) in [6.07, 6.45) is 8.56. The standard InChI is InChI=1S/C40H35FN10O2/c1-3-28-18-33(13-15-35(28)30-20-42-43-21-30)50-39(52)48(24-26-9-6-5-7-10-26)37(46-50)38-47-51(40(53)49(38)25-27-11-8-12-32(41)17-27)34-14-16-36(29(4-2)19-34)31-22-44-45-23-31/h5-23H,3-4,24-25H2,1-2H3,(H,42,43)(H,44,45). The van der Waals surface area contributed by atoms with Crippen LogP contribution in [-0.2, 0) is 25.9 Å². The van der Waals surface area contributed by atoms with Gasteiger partial charge in [0.15, 0.2) is 0 Å². The number of aromatic amines is 2. The minimum atomic E-state index is -0.464. The van der Waals surface area contributed by atoms with Crippen molar-refractivity contribution in [2.24, 2.45) is 0 Å². The van der Waals surface area contributed by atoms with Crippen LogP contribution in [0.15, 0.2) is 125 Å². The molecule has 4 aromatic carbocycles. The van der Waals surface area contributed by atoms with Gasteiger partial charge < -0.3 is 0 Å². The number of benzene rings is 4. The Kier molecular flexibility index (Phi) is 8.80. The molecule has 4 heterocycles. The second-order valence-electron chi connectivity index (χ2n) is 12.7. The number of aryl methyl sites for hydroxylation is 2. The van der Waals surface area contributed by atoms with Gasteiger partial charge >= 0.3 is 11.4 Å². The summed E-state index contributed by atoms with van der Waals surface area (Å²) in [6, 6.07) is 27.1. The molecule has 0 saturated heterocycles. The quantitative estimate of drug-likeness (QED) is 0.165. The number of hydrogen-bond donors (Lipinski definition) is 2. The second kappa shape index (κ2) is 14.0. The SMILES string of the molecule is CCc1cc(-n2nc(-c3nn(-c4ccc(-c5cn[nH]c5)c(CC)c4)c(=O)n3Cc3cccc(F)c3)n(Cc3ccccc3)c2=O)ccc1-c1cn[nH]c1. The summed E-state index contributed by atoms with van der Waals surface area (Å²) in [6.45, 7) is 4.25. The van der Waals surface area contributed by atoms with E-state index >= 15 is 0 Å². The monoisotopic (exact) mass is 706 g/mol. The lowest BCUT2D eigenvalue weighted by Crippen LogP contribution is -2.26. The third-order valence-corrected chi connectivity index (χ3v) is 9.39. The average molecular weight is 707 g/mol. The van der Waals surface area contributed by atoms with E-state index in [-0.39, 0.29) is 24.7 Å². The molecule has 4 aromatic heterocycles. The summed E-state index contributed by atoms with van der Waals surface area (Å²) >= 11 is 0. The van der Waals surface area contributed by atoms with Crippen molar-refractivity contribution in [1.82, 2.24) is 49.1 Å². The summed E-state index contributed by atoms with van der Waals surface area (Å²) in [5.74, 6) is -0.0784. The Balaban J connectivity index is 1.33. The highest BCUT2D eigenvalue weighted by Crippen LogP contribution is 2.28. The van der Waals surface area contributed by atoms with E-state index < -0.39 is 17.2 Å². The zero-order valence-electron chi connectivity index (χ0n) is 29.1. The van der Waals surface area contributed by atoms with Gasteiger partial charge in [0.25, 0.3) is 0 Å². The van der Waals surface area contributed by atoms with Gasteiger partial charge in [-0.3, -0.25) is 19.3 Å². The molecule has 0 saturated carbocycles. The third kappa shape index (κ3) is 6.33. The number of nitrogens with zero attached hydrogens (tertiary/aromatic N) is 8. The molecular weight excluding hydrogens is 672 g/mol. The lowest BCUT2D eigenvalue weighted by molar-refractivity contribution is 0.622. The normalized spacial score (nSPS) is 11.4. The highest BCUT2D eigenvalue weighted by molar-refractivity contribution is 5.69. The van der Waals surface area contributed by atoms with E-state index in [2.05, 4.69) is 20.4 Å². The Morgan fingerprint density at radius 2 is 1.11 bits per heavy atom. The van der Waals surface area contributed by atoms with Crippen LogP contribution in [0, 0.1) is 5.82 Å². The average Bonchev–Trinajstić information content (AvgIpc) is 4.02. The molecule has 0 amide bonds. The van der Waals surface area contributed by atoms with Gasteiger partial charge in [-0.05, 0) is 82.6 Å². The van der Waals surface area contributed by atoms with Gasteiger partial charge in [-0.25, -0.2) is 14.0 Å². The first-order valence-corrected chi connectivity index (χ1v) is 17.3. The Hall–Kier alpha value is -6.89. The van der Waals surface area contributed by atoms with Crippen LogP contribution in [0.3, 0.4) is 0 Å². The number of nitrogens with one attached hydrogen (secondary N) is 2. The summed E-state index contributed by atoms with van der Waals surface area (Å²) in [5, 5.41) is 23.7. The van der Waals surface area contributed by atoms with E-state index in [4.69, 9.17) is 10.2 Å². The van der Waals surface area contributed by atoms with Crippen molar-refractivity contribution in [3.63, 3.8) is 0 Å². The van der Waals surface area contributed by atoms with Gasteiger partial charge in [0.2, 0.25) is 11.6 Å². The first-order chi connectivity index (χ1) is 25.9. The van der Waals surface area contributed by atoms with Crippen LogP contribution in [0.2, 0.25) is 0 Å². The largest absolute Gasteiger partial charge is 0.351 e. The molecule has 53 heavy (non-hydrogen) atoms. The van der Waals surface area contributed by atoms with Crippen molar-refractivity contribution in [1.29, 1.82) is 0 Å². The summed E-state index contributed by atoms with van der Waals surface area (Å²) < 4.78 is 20.1. The van der Waals surface area contributed by atoms with Crippen molar-refractivity contribution in [3.05, 3.63) is 165 Å². The Morgan fingerprint density at radius 3 is 1.58 bits per heavy atom. The van der Waals surface area contributed by atoms with E-state index in [1.807, 2.05) is 93.0 Å². The minimum Gasteiger partial charge on any atom is -0.285 e. The van der Waals surface area contributed by atoms with Crippen LogP contribution in [0.1, 0.15) is 36.1 Å². The maximum Gasteiger partial charge on any atom is 0.351 e. The van der Waals surface area contributed by atoms with Gasteiger partial charge in [-0.1, -0.05) is 68.4 Å². The number of halogens is 1. The van der Waals surface area contributed by atoms with Crippen LogP contribution >= 0.6 is 0 Å². The molecule has 0 unspecified atom stereocenters. The second-order valence-corrected chi connectivity index (χ2v) is 12.7. The van der Waals surface area contributed by atoms with Gasteiger partial charge in [-0.15, -0.1) is 10.2 Å². The summed E-state index contributed by atoms with van der Waals surface area (Å²) in [5.41, 5.74) is 7.49. The first kappa shape index (κ1) is 33.3. The highest BCUT2D eigenvalue weighted by Gasteiger charge is 2.26. The van der Waals surface area contributed by atoms with Crippen molar-refractivity contribution in [2.45, 2.75) is 39.8 Å². The van der Waals surface area contributed by atoms with Gasteiger partial charge in [-0.2, -0.15) is 19.6 Å². The maximum atomic E-state index is 14.5. The zero-order chi connectivity index (χ0) is 36.5. The highest BCUT2D eigenvalue weighted by atomic mass is 19.1. The Bertz CT molecular complexity index is 2650.